The summed E-state index contributed by atoms with van der Waals surface area (Å²) in [6.07, 6.45) is 0. The molecule has 76 valence electrons. The van der Waals surface area contributed by atoms with Gasteiger partial charge in [-0.15, -0.1) is 0 Å². The highest BCUT2D eigenvalue weighted by Gasteiger charge is 2.14. The molecule has 0 amide bonds. The van der Waals surface area contributed by atoms with E-state index in [0.29, 0.717) is 6.79 Å². The molecule has 0 saturated carbocycles. The molecule has 3 rings (SSSR count). The van der Waals surface area contributed by atoms with Gasteiger partial charge in [-0.25, -0.2) is 0 Å². The minimum absolute atomic E-state index is 0.320. The maximum absolute atomic E-state index is 5.36. The average Bonchev–Trinajstić information content (AvgIpc) is 2.72. The molecule has 2 aromatic carbocycles. The molecule has 15 heavy (non-hydrogen) atoms. The summed E-state index contributed by atoms with van der Waals surface area (Å²) in [7, 11) is 1.92. The van der Waals surface area contributed by atoms with Crippen molar-refractivity contribution in [1.82, 2.24) is 0 Å². The minimum atomic E-state index is 0.320. The third-order valence-electron chi connectivity index (χ3n) is 2.64. The van der Waals surface area contributed by atoms with E-state index in [1.54, 1.807) is 0 Å². The largest absolute Gasteiger partial charge is 0.454 e. The maximum atomic E-state index is 5.36. The first kappa shape index (κ1) is 8.41. The van der Waals surface area contributed by atoms with Crippen molar-refractivity contribution in [3.8, 4) is 11.5 Å². The van der Waals surface area contributed by atoms with E-state index in [9.17, 15) is 0 Å². The molecule has 0 fully saturated rings. The summed E-state index contributed by atoms with van der Waals surface area (Å²) >= 11 is 0. The molecule has 0 atom stereocenters. The Hall–Kier alpha value is -1.90. The number of anilines is 1. The van der Waals surface area contributed by atoms with Gasteiger partial charge in [-0.3, -0.25) is 0 Å². The molecule has 1 aliphatic rings. The molecule has 1 aliphatic heterocycles. The first-order valence-electron chi connectivity index (χ1n) is 4.88. The summed E-state index contributed by atoms with van der Waals surface area (Å²) < 4.78 is 10.7. The molecule has 2 aromatic rings. The fraction of sp³-hybridized carbons (Fsp3) is 0.167. The van der Waals surface area contributed by atoms with Crippen molar-refractivity contribution in [1.29, 1.82) is 0 Å². The summed E-state index contributed by atoms with van der Waals surface area (Å²) in [5.74, 6) is 1.65. The summed E-state index contributed by atoms with van der Waals surface area (Å²) in [5.41, 5.74) is 1.10. The zero-order chi connectivity index (χ0) is 10.3. The molecule has 0 spiro atoms. The molecular formula is C12H11NO2. The van der Waals surface area contributed by atoms with Gasteiger partial charge in [-0.2, -0.15) is 0 Å². The van der Waals surface area contributed by atoms with Crippen LogP contribution >= 0.6 is 0 Å². The van der Waals surface area contributed by atoms with Crippen LogP contribution in [0.1, 0.15) is 0 Å². The van der Waals surface area contributed by atoms with Gasteiger partial charge in [0.05, 0.1) is 0 Å². The van der Waals surface area contributed by atoms with Gasteiger partial charge in [0.2, 0.25) is 6.79 Å². The van der Waals surface area contributed by atoms with Crippen LogP contribution in [0.15, 0.2) is 30.3 Å². The van der Waals surface area contributed by atoms with Crippen LogP contribution in [0, 0.1) is 0 Å². The highest BCUT2D eigenvalue weighted by Crippen LogP contribution is 2.38. The smallest absolute Gasteiger partial charge is 0.231 e. The zero-order valence-corrected chi connectivity index (χ0v) is 8.41. The summed E-state index contributed by atoms with van der Waals surface area (Å²) in [4.78, 5) is 0. The van der Waals surface area contributed by atoms with E-state index in [2.05, 4.69) is 11.4 Å². The van der Waals surface area contributed by atoms with Crippen LogP contribution in [0.4, 0.5) is 5.69 Å². The lowest BCUT2D eigenvalue weighted by Crippen LogP contribution is -1.92. The van der Waals surface area contributed by atoms with E-state index in [-0.39, 0.29) is 0 Å². The Morgan fingerprint density at radius 2 is 1.93 bits per heavy atom. The predicted octanol–water partition coefficient (Wildman–Crippen LogP) is 2.61. The zero-order valence-electron chi connectivity index (χ0n) is 8.41. The van der Waals surface area contributed by atoms with Crippen LogP contribution in [-0.4, -0.2) is 13.8 Å². The van der Waals surface area contributed by atoms with Gasteiger partial charge in [0.1, 0.15) is 0 Å². The van der Waals surface area contributed by atoms with Crippen molar-refractivity contribution in [2.75, 3.05) is 19.2 Å². The molecule has 1 N–H and O–H groups in total. The number of ether oxygens (including phenoxy) is 2. The number of nitrogens with one attached hydrogen (secondary N) is 1. The average molecular weight is 201 g/mol. The Morgan fingerprint density at radius 1 is 1.13 bits per heavy atom. The van der Waals surface area contributed by atoms with Crippen molar-refractivity contribution in [3.63, 3.8) is 0 Å². The van der Waals surface area contributed by atoms with Gasteiger partial charge < -0.3 is 14.8 Å². The normalized spacial score (nSPS) is 13.1. The standard InChI is InChI=1S/C12H11NO2/c1-13-10-4-2-3-8-5-11-12(6-9(8)10)15-7-14-11/h2-6,13H,7H2,1H3. The van der Waals surface area contributed by atoms with Gasteiger partial charge in [-0.1, -0.05) is 12.1 Å². The quantitative estimate of drug-likeness (QED) is 0.769. The second-order valence-electron chi connectivity index (χ2n) is 3.48. The van der Waals surface area contributed by atoms with Gasteiger partial charge in [0.15, 0.2) is 11.5 Å². The van der Waals surface area contributed by atoms with E-state index >= 15 is 0 Å². The van der Waals surface area contributed by atoms with Crippen LogP contribution in [0.2, 0.25) is 0 Å². The second kappa shape index (κ2) is 3.05. The molecule has 0 bridgehead atoms. The number of hydrogen-bond acceptors (Lipinski definition) is 3. The van der Waals surface area contributed by atoms with Crippen LogP contribution in [0.3, 0.4) is 0 Å². The molecule has 0 saturated heterocycles. The van der Waals surface area contributed by atoms with Crippen molar-refractivity contribution in [2.24, 2.45) is 0 Å². The first-order chi connectivity index (χ1) is 7.38. The molecule has 3 heteroatoms. The van der Waals surface area contributed by atoms with E-state index in [0.717, 1.165) is 28.0 Å². The number of rotatable bonds is 1. The molecule has 0 aromatic heterocycles. The number of hydrogen-bond donors (Lipinski definition) is 1. The summed E-state index contributed by atoms with van der Waals surface area (Å²) in [6.45, 7) is 0.320. The monoisotopic (exact) mass is 201 g/mol. The second-order valence-corrected chi connectivity index (χ2v) is 3.48. The lowest BCUT2D eigenvalue weighted by atomic mass is 10.1. The highest BCUT2D eigenvalue weighted by atomic mass is 16.7. The Bertz CT molecular complexity index is 522. The highest BCUT2D eigenvalue weighted by molar-refractivity contribution is 5.96. The van der Waals surface area contributed by atoms with Crippen LogP contribution in [-0.2, 0) is 0 Å². The van der Waals surface area contributed by atoms with Gasteiger partial charge in [0, 0.05) is 18.1 Å². The number of fused-ring (bicyclic) bond motifs is 2. The fourth-order valence-electron chi connectivity index (χ4n) is 1.88. The lowest BCUT2D eigenvalue weighted by Gasteiger charge is -2.06. The Balaban J connectivity index is 2.33. The Kier molecular flexibility index (Phi) is 1.71. The van der Waals surface area contributed by atoms with Gasteiger partial charge in [-0.05, 0) is 23.6 Å². The first-order valence-corrected chi connectivity index (χ1v) is 4.88. The van der Waals surface area contributed by atoms with E-state index in [4.69, 9.17) is 9.47 Å². The van der Waals surface area contributed by atoms with Crippen LogP contribution < -0.4 is 14.8 Å². The number of benzene rings is 2. The van der Waals surface area contributed by atoms with E-state index in [1.165, 1.54) is 0 Å². The molecule has 1 heterocycles. The van der Waals surface area contributed by atoms with Crippen LogP contribution in [0.25, 0.3) is 10.8 Å². The van der Waals surface area contributed by atoms with Crippen molar-refractivity contribution in [3.05, 3.63) is 30.3 Å². The molecule has 0 radical (unpaired) electrons. The van der Waals surface area contributed by atoms with Crippen LogP contribution in [0.5, 0.6) is 11.5 Å². The summed E-state index contributed by atoms with van der Waals surface area (Å²) in [5, 5.41) is 5.48. The van der Waals surface area contributed by atoms with E-state index in [1.807, 2.05) is 31.3 Å². The van der Waals surface area contributed by atoms with E-state index < -0.39 is 0 Å². The van der Waals surface area contributed by atoms with Crippen molar-refractivity contribution < 1.29 is 9.47 Å². The Morgan fingerprint density at radius 3 is 2.73 bits per heavy atom. The molecule has 3 nitrogen and oxygen atoms in total. The topological polar surface area (TPSA) is 30.5 Å². The summed E-state index contributed by atoms with van der Waals surface area (Å²) in [6, 6.07) is 10.2. The third-order valence-corrected chi connectivity index (χ3v) is 2.64. The third kappa shape index (κ3) is 1.20. The minimum Gasteiger partial charge on any atom is -0.454 e. The van der Waals surface area contributed by atoms with Crippen molar-refractivity contribution >= 4 is 16.5 Å². The molecular weight excluding hydrogens is 190 g/mol. The predicted molar refractivity (Wildman–Crippen MR) is 59.6 cm³/mol. The SMILES string of the molecule is CNc1cccc2cc3c(cc12)OCO3. The van der Waals surface area contributed by atoms with Gasteiger partial charge in [0.25, 0.3) is 0 Å². The molecule has 0 aliphatic carbocycles. The Labute approximate surface area is 87.6 Å². The van der Waals surface area contributed by atoms with Gasteiger partial charge >= 0.3 is 0 Å². The molecule has 0 unspecified atom stereocenters. The lowest BCUT2D eigenvalue weighted by molar-refractivity contribution is 0.174. The maximum Gasteiger partial charge on any atom is 0.231 e. The van der Waals surface area contributed by atoms with Crippen molar-refractivity contribution in [2.45, 2.75) is 0 Å². The fourth-order valence-corrected chi connectivity index (χ4v) is 1.88.